The molecule has 3 atom stereocenters. The van der Waals surface area contributed by atoms with Crippen molar-refractivity contribution in [1.82, 2.24) is 10.6 Å². The van der Waals surface area contributed by atoms with E-state index in [9.17, 15) is 4.79 Å². The van der Waals surface area contributed by atoms with Gasteiger partial charge in [0.25, 0.3) is 0 Å². The largest absolute Gasteiger partial charge is 0.383 e. The second-order valence-corrected chi connectivity index (χ2v) is 5.51. The molecule has 1 fully saturated rings. The lowest BCUT2D eigenvalue weighted by Gasteiger charge is -2.32. The molecule has 0 spiro atoms. The molecule has 0 aromatic carbocycles. The number of carbonyl (C=O) groups excluding carboxylic acids is 1. The number of hydrogen-bond donors (Lipinski definition) is 2. The summed E-state index contributed by atoms with van der Waals surface area (Å²) in [5.74, 6) is 1.75. The average molecular weight is 256 g/mol. The number of methoxy groups -OCH3 is 1. The van der Waals surface area contributed by atoms with Crippen LogP contribution in [0, 0.1) is 11.8 Å². The van der Waals surface area contributed by atoms with Crippen molar-refractivity contribution in [1.29, 1.82) is 0 Å². The molecule has 0 aromatic heterocycles. The first-order valence-corrected chi connectivity index (χ1v) is 7.12. The fourth-order valence-electron chi connectivity index (χ4n) is 2.50. The molecule has 0 aliphatic heterocycles. The van der Waals surface area contributed by atoms with Crippen LogP contribution in [-0.2, 0) is 9.53 Å². The SMILES string of the molecule is COCCNC(=O)CCNC1CCC(C)C(C)C1. The van der Waals surface area contributed by atoms with Crippen molar-refractivity contribution in [3.8, 4) is 0 Å². The van der Waals surface area contributed by atoms with Crippen molar-refractivity contribution in [3.05, 3.63) is 0 Å². The third kappa shape index (κ3) is 5.83. The summed E-state index contributed by atoms with van der Waals surface area (Å²) in [6.07, 6.45) is 4.35. The van der Waals surface area contributed by atoms with Gasteiger partial charge in [0.2, 0.25) is 5.91 Å². The molecule has 0 saturated heterocycles. The van der Waals surface area contributed by atoms with Gasteiger partial charge in [-0.1, -0.05) is 13.8 Å². The van der Waals surface area contributed by atoms with Gasteiger partial charge in [0.1, 0.15) is 0 Å². The molecule has 1 aliphatic rings. The molecule has 2 N–H and O–H groups in total. The minimum absolute atomic E-state index is 0.108. The minimum Gasteiger partial charge on any atom is -0.383 e. The summed E-state index contributed by atoms with van der Waals surface area (Å²) in [5, 5.41) is 6.33. The quantitative estimate of drug-likeness (QED) is 0.680. The van der Waals surface area contributed by atoms with Crippen molar-refractivity contribution in [2.75, 3.05) is 26.8 Å². The van der Waals surface area contributed by atoms with Gasteiger partial charge in [-0.2, -0.15) is 0 Å². The van der Waals surface area contributed by atoms with Gasteiger partial charge in [-0.25, -0.2) is 0 Å². The van der Waals surface area contributed by atoms with Crippen molar-refractivity contribution in [2.45, 2.75) is 45.6 Å². The molecule has 0 radical (unpaired) electrons. The molecule has 1 aliphatic carbocycles. The Bertz CT molecular complexity index is 246. The van der Waals surface area contributed by atoms with Crippen LogP contribution in [0.15, 0.2) is 0 Å². The Morgan fingerprint density at radius 3 is 2.67 bits per heavy atom. The number of nitrogens with one attached hydrogen (secondary N) is 2. The fraction of sp³-hybridized carbons (Fsp3) is 0.929. The van der Waals surface area contributed by atoms with E-state index in [4.69, 9.17) is 4.74 Å². The van der Waals surface area contributed by atoms with Gasteiger partial charge in [-0.15, -0.1) is 0 Å². The third-order valence-electron chi connectivity index (χ3n) is 4.01. The number of hydrogen-bond acceptors (Lipinski definition) is 3. The molecule has 0 aromatic rings. The van der Waals surface area contributed by atoms with E-state index in [0.29, 0.717) is 25.6 Å². The highest BCUT2D eigenvalue weighted by molar-refractivity contribution is 5.76. The molecule has 1 saturated carbocycles. The zero-order chi connectivity index (χ0) is 13.4. The van der Waals surface area contributed by atoms with Crippen LogP contribution in [0.2, 0.25) is 0 Å². The smallest absolute Gasteiger partial charge is 0.221 e. The van der Waals surface area contributed by atoms with Crippen molar-refractivity contribution in [2.24, 2.45) is 11.8 Å². The van der Waals surface area contributed by atoms with Crippen molar-refractivity contribution < 1.29 is 9.53 Å². The molecule has 4 heteroatoms. The van der Waals surface area contributed by atoms with Crippen LogP contribution >= 0.6 is 0 Å². The van der Waals surface area contributed by atoms with Gasteiger partial charge in [0.05, 0.1) is 6.61 Å². The molecular formula is C14H28N2O2. The van der Waals surface area contributed by atoms with E-state index in [1.165, 1.54) is 19.3 Å². The lowest BCUT2D eigenvalue weighted by atomic mass is 9.79. The summed E-state index contributed by atoms with van der Waals surface area (Å²) in [4.78, 5) is 11.5. The first kappa shape index (κ1) is 15.4. The van der Waals surface area contributed by atoms with Gasteiger partial charge < -0.3 is 15.4 Å². The summed E-state index contributed by atoms with van der Waals surface area (Å²) >= 11 is 0. The lowest BCUT2D eigenvalue weighted by molar-refractivity contribution is -0.121. The normalized spacial score (nSPS) is 28.1. The van der Waals surface area contributed by atoms with Crippen LogP contribution in [0.3, 0.4) is 0 Å². The monoisotopic (exact) mass is 256 g/mol. The van der Waals surface area contributed by atoms with E-state index < -0.39 is 0 Å². The first-order valence-electron chi connectivity index (χ1n) is 7.12. The molecule has 1 amide bonds. The number of ether oxygens (including phenoxy) is 1. The zero-order valence-corrected chi connectivity index (χ0v) is 12.0. The number of carbonyl (C=O) groups is 1. The van der Waals surface area contributed by atoms with Gasteiger partial charge in [-0.05, 0) is 31.1 Å². The molecule has 4 nitrogen and oxygen atoms in total. The van der Waals surface area contributed by atoms with Crippen LogP contribution < -0.4 is 10.6 Å². The van der Waals surface area contributed by atoms with Crippen LogP contribution in [-0.4, -0.2) is 38.8 Å². The highest BCUT2D eigenvalue weighted by Crippen LogP contribution is 2.29. The molecular weight excluding hydrogens is 228 g/mol. The fourth-order valence-corrected chi connectivity index (χ4v) is 2.50. The summed E-state index contributed by atoms with van der Waals surface area (Å²) in [6.45, 7) is 6.63. The maximum Gasteiger partial charge on any atom is 0.221 e. The minimum atomic E-state index is 0.108. The zero-order valence-electron chi connectivity index (χ0n) is 12.0. The molecule has 18 heavy (non-hydrogen) atoms. The lowest BCUT2D eigenvalue weighted by Crippen LogP contribution is -2.38. The number of rotatable bonds is 7. The summed E-state index contributed by atoms with van der Waals surface area (Å²) in [6, 6.07) is 0.600. The van der Waals surface area contributed by atoms with Crippen LogP contribution in [0.25, 0.3) is 0 Å². The van der Waals surface area contributed by atoms with Gasteiger partial charge in [0.15, 0.2) is 0 Å². The summed E-state index contributed by atoms with van der Waals surface area (Å²) in [7, 11) is 1.64. The molecule has 106 valence electrons. The molecule has 0 bridgehead atoms. The maximum atomic E-state index is 11.5. The predicted octanol–water partition coefficient (Wildman–Crippen LogP) is 1.55. The Hall–Kier alpha value is -0.610. The van der Waals surface area contributed by atoms with E-state index in [1.807, 2.05) is 0 Å². The molecule has 0 heterocycles. The van der Waals surface area contributed by atoms with Crippen molar-refractivity contribution in [3.63, 3.8) is 0 Å². The van der Waals surface area contributed by atoms with Gasteiger partial charge in [0, 0.05) is 32.7 Å². The maximum absolute atomic E-state index is 11.5. The van der Waals surface area contributed by atoms with Crippen molar-refractivity contribution >= 4 is 5.91 Å². The van der Waals surface area contributed by atoms with E-state index in [0.717, 1.165) is 18.4 Å². The van der Waals surface area contributed by atoms with Gasteiger partial charge in [-0.3, -0.25) is 4.79 Å². The van der Waals surface area contributed by atoms with Crippen LogP contribution in [0.5, 0.6) is 0 Å². The number of amides is 1. The van der Waals surface area contributed by atoms with E-state index in [-0.39, 0.29) is 5.91 Å². The third-order valence-corrected chi connectivity index (χ3v) is 4.01. The highest BCUT2D eigenvalue weighted by Gasteiger charge is 2.23. The van der Waals surface area contributed by atoms with E-state index in [1.54, 1.807) is 7.11 Å². The standard InChI is InChI=1S/C14H28N2O2/c1-11-4-5-13(10-12(11)2)15-7-6-14(17)16-8-9-18-3/h11-13,15H,4-10H2,1-3H3,(H,16,17). The Kier molecular flexibility index (Phi) is 7.28. The van der Waals surface area contributed by atoms with Crippen LogP contribution in [0.1, 0.15) is 39.5 Å². The predicted molar refractivity (Wildman–Crippen MR) is 73.5 cm³/mol. The van der Waals surface area contributed by atoms with E-state index in [2.05, 4.69) is 24.5 Å². The topological polar surface area (TPSA) is 50.4 Å². The van der Waals surface area contributed by atoms with Gasteiger partial charge >= 0.3 is 0 Å². The summed E-state index contributed by atoms with van der Waals surface area (Å²) < 4.78 is 4.88. The summed E-state index contributed by atoms with van der Waals surface area (Å²) in [5.41, 5.74) is 0. The Labute approximate surface area is 111 Å². The molecule has 3 unspecified atom stereocenters. The van der Waals surface area contributed by atoms with Crippen LogP contribution in [0.4, 0.5) is 0 Å². The molecule has 1 rings (SSSR count). The Morgan fingerprint density at radius 1 is 1.22 bits per heavy atom. The average Bonchev–Trinajstić information content (AvgIpc) is 2.34. The second kappa shape index (κ2) is 8.48. The Balaban J connectivity index is 2.05. The highest BCUT2D eigenvalue weighted by atomic mass is 16.5. The Morgan fingerprint density at radius 2 is 2.00 bits per heavy atom. The first-order chi connectivity index (χ1) is 8.63. The van der Waals surface area contributed by atoms with E-state index >= 15 is 0 Å². The second-order valence-electron chi connectivity index (χ2n) is 5.51.